The van der Waals surface area contributed by atoms with Crippen LogP contribution in [0.15, 0.2) is 24.3 Å². The van der Waals surface area contributed by atoms with Gasteiger partial charge in [-0.05, 0) is 30.2 Å². The number of hydrogen-bond donors (Lipinski definition) is 1. The standard InChI is InChI=1S/C13H17NO2/c1-9(2)8-13(16)11-4-6-12(7-5-11)14-10(3)15/h4-7,9H,8H2,1-3H3,(H,14,15). The molecule has 86 valence electrons. The summed E-state index contributed by atoms with van der Waals surface area (Å²) < 4.78 is 0. The zero-order chi connectivity index (χ0) is 12.1. The lowest BCUT2D eigenvalue weighted by molar-refractivity contribution is -0.114. The Balaban J connectivity index is 2.71. The van der Waals surface area contributed by atoms with Gasteiger partial charge in [0, 0.05) is 24.6 Å². The highest BCUT2D eigenvalue weighted by Gasteiger charge is 2.07. The van der Waals surface area contributed by atoms with Crippen LogP contribution < -0.4 is 5.32 Å². The first-order chi connectivity index (χ1) is 7.49. The summed E-state index contributed by atoms with van der Waals surface area (Å²) in [6.07, 6.45) is 0.555. The third-order valence-corrected chi connectivity index (χ3v) is 2.12. The number of ketones is 1. The summed E-state index contributed by atoms with van der Waals surface area (Å²) in [6, 6.07) is 6.98. The van der Waals surface area contributed by atoms with Crippen molar-refractivity contribution < 1.29 is 9.59 Å². The fraction of sp³-hybridized carbons (Fsp3) is 0.385. The summed E-state index contributed by atoms with van der Waals surface area (Å²) in [5, 5.41) is 2.66. The zero-order valence-electron chi connectivity index (χ0n) is 9.91. The van der Waals surface area contributed by atoms with Gasteiger partial charge in [0.1, 0.15) is 0 Å². The second-order valence-electron chi connectivity index (χ2n) is 4.28. The predicted octanol–water partition coefficient (Wildman–Crippen LogP) is 2.87. The maximum Gasteiger partial charge on any atom is 0.221 e. The Kier molecular flexibility index (Phi) is 4.23. The van der Waals surface area contributed by atoms with Crippen LogP contribution >= 0.6 is 0 Å². The number of carbonyl (C=O) groups is 2. The van der Waals surface area contributed by atoms with E-state index in [0.29, 0.717) is 23.6 Å². The average molecular weight is 219 g/mol. The van der Waals surface area contributed by atoms with E-state index in [1.54, 1.807) is 24.3 Å². The van der Waals surface area contributed by atoms with Crippen molar-refractivity contribution in [1.29, 1.82) is 0 Å². The van der Waals surface area contributed by atoms with E-state index in [1.165, 1.54) is 6.92 Å². The number of nitrogens with one attached hydrogen (secondary N) is 1. The van der Waals surface area contributed by atoms with Crippen molar-refractivity contribution in [1.82, 2.24) is 0 Å². The molecule has 0 fully saturated rings. The summed E-state index contributed by atoms with van der Waals surface area (Å²) in [5.41, 5.74) is 1.41. The highest BCUT2D eigenvalue weighted by Crippen LogP contribution is 2.13. The molecule has 0 aliphatic carbocycles. The minimum absolute atomic E-state index is 0.110. The highest BCUT2D eigenvalue weighted by molar-refractivity contribution is 5.97. The number of amides is 1. The first-order valence-corrected chi connectivity index (χ1v) is 5.40. The van der Waals surface area contributed by atoms with Gasteiger partial charge in [0.15, 0.2) is 5.78 Å². The van der Waals surface area contributed by atoms with Crippen LogP contribution in [-0.2, 0) is 4.79 Å². The summed E-state index contributed by atoms with van der Waals surface area (Å²) in [7, 11) is 0. The number of anilines is 1. The molecule has 0 unspecified atom stereocenters. The van der Waals surface area contributed by atoms with Gasteiger partial charge in [0.25, 0.3) is 0 Å². The van der Waals surface area contributed by atoms with Gasteiger partial charge in [0.05, 0.1) is 0 Å². The average Bonchev–Trinajstić information content (AvgIpc) is 2.16. The molecule has 0 radical (unpaired) electrons. The van der Waals surface area contributed by atoms with E-state index in [2.05, 4.69) is 5.32 Å². The molecule has 0 aromatic heterocycles. The maximum absolute atomic E-state index is 11.7. The van der Waals surface area contributed by atoms with Crippen molar-refractivity contribution in [2.45, 2.75) is 27.2 Å². The van der Waals surface area contributed by atoms with Crippen molar-refractivity contribution in [2.75, 3.05) is 5.32 Å². The zero-order valence-corrected chi connectivity index (χ0v) is 9.91. The molecule has 0 aliphatic rings. The van der Waals surface area contributed by atoms with Gasteiger partial charge in [0.2, 0.25) is 5.91 Å². The van der Waals surface area contributed by atoms with Crippen molar-refractivity contribution in [3.05, 3.63) is 29.8 Å². The predicted molar refractivity (Wildman–Crippen MR) is 64.5 cm³/mol. The Labute approximate surface area is 95.9 Å². The second-order valence-corrected chi connectivity index (χ2v) is 4.28. The van der Waals surface area contributed by atoms with Crippen molar-refractivity contribution >= 4 is 17.4 Å². The van der Waals surface area contributed by atoms with Crippen LogP contribution in [-0.4, -0.2) is 11.7 Å². The molecule has 0 saturated carbocycles. The highest BCUT2D eigenvalue weighted by atomic mass is 16.1. The van der Waals surface area contributed by atoms with E-state index in [9.17, 15) is 9.59 Å². The van der Waals surface area contributed by atoms with Gasteiger partial charge in [-0.15, -0.1) is 0 Å². The first-order valence-electron chi connectivity index (χ1n) is 5.40. The van der Waals surface area contributed by atoms with Gasteiger partial charge in [-0.25, -0.2) is 0 Å². The molecule has 0 saturated heterocycles. The second kappa shape index (κ2) is 5.45. The van der Waals surface area contributed by atoms with E-state index in [-0.39, 0.29) is 11.7 Å². The quantitative estimate of drug-likeness (QED) is 0.791. The molecule has 1 amide bonds. The Morgan fingerprint density at radius 3 is 2.19 bits per heavy atom. The Hall–Kier alpha value is -1.64. The van der Waals surface area contributed by atoms with Gasteiger partial charge < -0.3 is 5.32 Å². The number of Topliss-reactive ketones (excluding diaryl/α,β-unsaturated/α-hetero) is 1. The van der Waals surface area contributed by atoms with Gasteiger partial charge in [-0.3, -0.25) is 9.59 Å². The lowest BCUT2D eigenvalue weighted by atomic mass is 10.0. The molecule has 1 N–H and O–H groups in total. The molecule has 0 atom stereocenters. The third-order valence-electron chi connectivity index (χ3n) is 2.12. The minimum Gasteiger partial charge on any atom is -0.326 e. The number of benzene rings is 1. The van der Waals surface area contributed by atoms with Crippen LogP contribution in [0.25, 0.3) is 0 Å². The minimum atomic E-state index is -0.110. The van der Waals surface area contributed by atoms with Crippen LogP contribution in [0.2, 0.25) is 0 Å². The monoisotopic (exact) mass is 219 g/mol. The van der Waals surface area contributed by atoms with Crippen LogP contribution in [0.1, 0.15) is 37.6 Å². The largest absolute Gasteiger partial charge is 0.326 e. The lowest BCUT2D eigenvalue weighted by Gasteiger charge is -2.05. The normalized spacial score (nSPS) is 10.2. The van der Waals surface area contributed by atoms with E-state index in [4.69, 9.17) is 0 Å². The van der Waals surface area contributed by atoms with Gasteiger partial charge in [-0.2, -0.15) is 0 Å². The molecule has 0 bridgehead atoms. The van der Waals surface area contributed by atoms with Gasteiger partial charge >= 0.3 is 0 Å². The molecule has 3 heteroatoms. The number of rotatable bonds is 4. The lowest BCUT2D eigenvalue weighted by Crippen LogP contribution is -2.07. The first kappa shape index (κ1) is 12.4. The fourth-order valence-electron chi connectivity index (χ4n) is 1.43. The van der Waals surface area contributed by atoms with Crippen molar-refractivity contribution in [2.24, 2.45) is 5.92 Å². The van der Waals surface area contributed by atoms with E-state index >= 15 is 0 Å². The molecule has 0 spiro atoms. The fourth-order valence-corrected chi connectivity index (χ4v) is 1.43. The molecule has 0 aliphatic heterocycles. The SMILES string of the molecule is CC(=O)Nc1ccc(C(=O)CC(C)C)cc1. The molecule has 1 rings (SSSR count). The van der Waals surface area contributed by atoms with Gasteiger partial charge in [-0.1, -0.05) is 13.8 Å². The summed E-state index contributed by atoms with van der Waals surface area (Å²) in [4.78, 5) is 22.5. The third kappa shape index (κ3) is 3.85. The molecule has 1 aromatic rings. The Bertz CT molecular complexity index is 379. The van der Waals surface area contributed by atoms with Crippen LogP contribution in [0, 0.1) is 5.92 Å². The van der Waals surface area contributed by atoms with E-state index in [1.807, 2.05) is 13.8 Å². The maximum atomic E-state index is 11.7. The Morgan fingerprint density at radius 1 is 1.19 bits per heavy atom. The smallest absolute Gasteiger partial charge is 0.221 e. The molecule has 3 nitrogen and oxygen atoms in total. The van der Waals surface area contributed by atoms with Crippen molar-refractivity contribution in [3.8, 4) is 0 Å². The summed E-state index contributed by atoms with van der Waals surface area (Å²) in [6.45, 7) is 5.49. The van der Waals surface area contributed by atoms with Crippen LogP contribution in [0.5, 0.6) is 0 Å². The summed E-state index contributed by atoms with van der Waals surface area (Å²) in [5.74, 6) is 0.396. The number of carbonyl (C=O) groups excluding carboxylic acids is 2. The molecule has 1 aromatic carbocycles. The Morgan fingerprint density at radius 2 is 1.75 bits per heavy atom. The molecule has 0 heterocycles. The van der Waals surface area contributed by atoms with Crippen LogP contribution in [0.4, 0.5) is 5.69 Å². The summed E-state index contributed by atoms with van der Waals surface area (Å²) >= 11 is 0. The van der Waals surface area contributed by atoms with Crippen LogP contribution in [0.3, 0.4) is 0 Å². The van der Waals surface area contributed by atoms with E-state index in [0.717, 1.165) is 0 Å². The van der Waals surface area contributed by atoms with E-state index < -0.39 is 0 Å². The molecule has 16 heavy (non-hydrogen) atoms. The number of hydrogen-bond acceptors (Lipinski definition) is 2. The van der Waals surface area contributed by atoms with Crippen molar-refractivity contribution in [3.63, 3.8) is 0 Å². The molecular weight excluding hydrogens is 202 g/mol. The topological polar surface area (TPSA) is 46.2 Å². The molecular formula is C13H17NO2.